The van der Waals surface area contributed by atoms with Gasteiger partial charge in [0, 0.05) is 6.92 Å². The van der Waals surface area contributed by atoms with Crippen LogP contribution >= 0.6 is 0 Å². The lowest BCUT2D eigenvalue weighted by Crippen LogP contribution is -2.58. The van der Waals surface area contributed by atoms with Crippen molar-refractivity contribution in [2.75, 3.05) is 13.2 Å². The Morgan fingerprint density at radius 1 is 1.13 bits per heavy atom. The Hall–Kier alpha value is -1.36. The maximum Gasteiger partial charge on any atom is 0.313 e. The third-order valence-corrected chi connectivity index (χ3v) is 8.81. The van der Waals surface area contributed by atoms with Crippen molar-refractivity contribution >= 4 is 11.9 Å². The normalized spacial score (nSPS) is 38.5. The Kier molecular flexibility index (Phi) is 6.44. The van der Waals surface area contributed by atoms with Crippen LogP contribution in [0.2, 0.25) is 0 Å². The highest BCUT2D eigenvalue weighted by Gasteiger charge is 2.62. The maximum absolute atomic E-state index is 13.3. The summed E-state index contributed by atoms with van der Waals surface area (Å²) in [6, 6.07) is 0. The summed E-state index contributed by atoms with van der Waals surface area (Å²) in [6.45, 7) is 12.5. The number of rotatable bonds is 5. The van der Waals surface area contributed by atoms with Crippen molar-refractivity contribution < 1.29 is 24.2 Å². The first kappa shape index (κ1) is 23.3. The van der Waals surface area contributed by atoms with Gasteiger partial charge in [0.1, 0.15) is 6.61 Å². The largest absolute Gasteiger partial charge is 0.461 e. The molecule has 3 rings (SSSR count). The number of esters is 2. The van der Waals surface area contributed by atoms with Crippen molar-refractivity contribution in [2.45, 2.75) is 86.2 Å². The maximum atomic E-state index is 13.3. The van der Waals surface area contributed by atoms with Crippen LogP contribution in [0.25, 0.3) is 0 Å². The molecule has 30 heavy (non-hydrogen) atoms. The van der Waals surface area contributed by atoms with E-state index in [4.69, 9.17) is 9.47 Å². The van der Waals surface area contributed by atoms with Crippen molar-refractivity contribution in [1.29, 1.82) is 0 Å². The predicted molar refractivity (Wildman–Crippen MR) is 116 cm³/mol. The predicted octanol–water partition coefficient (Wildman–Crippen LogP) is 4.67. The number of aliphatic hydroxyl groups excluding tert-OH is 1. The van der Waals surface area contributed by atoms with E-state index in [1.165, 1.54) is 26.2 Å². The van der Waals surface area contributed by atoms with E-state index in [0.717, 1.165) is 24.8 Å². The van der Waals surface area contributed by atoms with Crippen LogP contribution in [0.5, 0.6) is 0 Å². The Labute approximate surface area is 181 Å². The summed E-state index contributed by atoms with van der Waals surface area (Å²) < 4.78 is 10.6. The molecule has 0 aromatic heterocycles. The third-order valence-electron chi connectivity index (χ3n) is 8.81. The summed E-state index contributed by atoms with van der Waals surface area (Å²) in [5.41, 5.74) is 1.53. The number of hydrogen-bond donors (Lipinski definition) is 1. The van der Waals surface area contributed by atoms with Crippen molar-refractivity contribution in [3.05, 3.63) is 11.6 Å². The molecule has 0 aromatic carbocycles. The molecular formula is C25H40O5. The fourth-order valence-corrected chi connectivity index (χ4v) is 7.58. The van der Waals surface area contributed by atoms with Gasteiger partial charge >= 0.3 is 11.9 Å². The van der Waals surface area contributed by atoms with Crippen LogP contribution in [0.1, 0.15) is 80.1 Å². The molecule has 3 aliphatic carbocycles. The molecule has 0 radical (unpaired) electrons. The molecule has 0 aliphatic heterocycles. The van der Waals surface area contributed by atoms with Crippen molar-refractivity contribution in [2.24, 2.45) is 34.0 Å². The molecule has 0 amide bonds. The first-order valence-corrected chi connectivity index (χ1v) is 11.6. The minimum atomic E-state index is -0.810. The highest BCUT2D eigenvalue weighted by atomic mass is 16.6. The highest BCUT2D eigenvalue weighted by Crippen LogP contribution is 2.68. The first-order valence-electron chi connectivity index (χ1n) is 11.6. The topological polar surface area (TPSA) is 72.8 Å². The number of aliphatic hydroxyl groups is 1. The van der Waals surface area contributed by atoms with E-state index in [9.17, 15) is 14.7 Å². The summed E-state index contributed by atoms with van der Waals surface area (Å²) in [7, 11) is 0. The molecule has 0 aromatic rings. The lowest BCUT2D eigenvalue weighted by atomic mass is 9.40. The lowest BCUT2D eigenvalue weighted by molar-refractivity contribution is -0.177. The number of ether oxygens (including phenoxy) is 2. The smallest absolute Gasteiger partial charge is 0.313 e. The molecule has 5 heteroatoms. The first-order chi connectivity index (χ1) is 14.0. The number of carbonyl (C=O) groups excluding carboxylic acids is 2. The second kappa shape index (κ2) is 8.29. The van der Waals surface area contributed by atoms with Crippen LogP contribution in [-0.4, -0.2) is 36.4 Å². The molecule has 2 unspecified atom stereocenters. The molecule has 2 saturated carbocycles. The van der Waals surface area contributed by atoms with Gasteiger partial charge < -0.3 is 14.6 Å². The zero-order valence-corrected chi connectivity index (χ0v) is 19.6. The van der Waals surface area contributed by atoms with Crippen LogP contribution < -0.4 is 0 Å². The minimum absolute atomic E-state index is 0.105. The standard InChI is InChI=1S/C25H40O5/c1-16-8-9-20-24(5)12-7-11-23(3,4)19(24)10-13-25(20,6)21(16)22(28)29-15-18(14-26)30-17(2)27/h8,18-21,26H,7,9-15H2,1-6H3/t18-,19?,20?,21+,24+,25-/m0/s1. The molecule has 0 heterocycles. The van der Waals surface area contributed by atoms with Crippen molar-refractivity contribution in [3.8, 4) is 0 Å². The molecular weight excluding hydrogens is 380 g/mol. The quantitative estimate of drug-likeness (QED) is 0.517. The third kappa shape index (κ3) is 3.94. The van der Waals surface area contributed by atoms with E-state index >= 15 is 0 Å². The average molecular weight is 421 g/mol. The van der Waals surface area contributed by atoms with Gasteiger partial charge in [-0.25, -0.2) is 0 Å². The second-order valence-corrected chi connectivity index (χ2v) is 11.2. The van der Waals surface area contributed by atoms with Gasteiger partial charge in [0.2, 0.25) is 0 Å². The molecule has 0 saturated heterocycles. The van der Waals surface area contributed by atoms with Crippen LogP contribution in [0, 0.1) is 34.0 Å². The van der Waals surface area contributed by atoms with E-state index in [0.29, 0.717) is 17.3 Å². The number of hydrogen-bond acceptors (Lipinski definition) is 5. The van der Waals surface area contributed by atoms with Gasteiger partial charge in [-0.2, -0.15) is 0 Å². The van der Waals surface area contributed by atoms with Gasteiger partial charge in [0.25, 0.3) is 0 Å². The SMILES string of the molecule is CC(=O)O[C@@H](CO)COC(=O)[C@H]1C(C)=CCC2[C@]3(C)CCCC(C)(C)C3CC[C@@]21C. The van der Waals surface area contributed by atoms with Gasteiger partial charge in [-0.1, -0.05) is 45.8 Å². The molecule has 0 bridgehead atoms. The molecule has 6 atom stereocenters. The van der Waals surface area contributed by atoms with Crippen LogP contribution in [-0.2, 0) is 19.1 Å². The number of fused-ring (bicyclic) bond motifs is 3. The zero-order chi connectivity index (χ0) is 22.3. The summed E-state index contributed by atoms with van der Waals surface area (Å²) in [4.78, 5) is 24.5. The van der Waals surface area contributed by atoms with Crippen LogP contribution in [0.15, 0.2) is 11.6 Å². The van der Waals surface area contributed by atoms with Crippen molar-refractivity contribution in [3.63, 3.8) is 0 Å². The summed E-state index contributed by atoms with van der Waals surface area (Å²) in [6.07, 6.45) is 8.43. The van der Waals surface area contributed by atoms with Crippen molar-refractivity contribution in [1.82, 2.24) is 0 Å². The molecule has 170 valence electrons. The Morgan fingerprint density at radius 2 is 1.83 bits per heavy atom. The van der Waals surface area contributed by atoms with E-state index in [1.807, 2.05) is 6.92 Å². The number of allylic oxidation sites excluding steroid dienone is 1. The van der Waals surface area contributed by atoms with Gasteiger partial charge in [-0.3, -0.25) is 9.59 Å². The highest BCUT2D eigenvalue weighted by molar-refractivity contribution is 5.77. The second-order valence-electron chi connectivity index (χ2n) is 11.2. The lowest BCUT2D eigenvalue weighted by Gasteiger charge is -2.64. The van der Waals surface area contributed by atoms with Gasteiger partial charge in [-0.15, -0.1) is 0 Å². The Balaban J connectivity index is 1.83. The molecule has 3 aliphatic rings. The zero-order valence-electron chi connectivity index (χ0n) is 19.6. The summed E-state index contributed by atoms with van der Waals surface area (Å²) in [5.74, 6) is 0.112. The fraction of sp³-hybridized carbons (Fsp3) is 0.840. The Morgan fingerprint density at radius 3 is 2.47 bits per heavy atom. The van der Waals surface area contributed by atoms with E-state index in [-0.39, 0.29) is 35.9 Å². The van der Waals surface area contributed by atoms with E-state index in [2.05, 4.69) is 33.8 Å². The van der Waals surface area contributed by atoms with E-state index < -0.39 is 12.1 Å². The van der Waals surface area contributed by atoms with Crippen LogP contribution in [0.3, 0.4) is 0 Å². The Bertz CT molecular complexity index is 710. The van der Waals surface area contributed by atoms with Gasteiger partial charge in [0.05, 0.1) is 12.5 Å². The minimum Gasteiger partial charge on any atom is -0.461 e. The molecule has 1 N–H and O–H groups in total. The summed E-state index contributed by atoms with van der Waals surface area (Å²) in [5, 5.41) is 9.42. The molecule has 2 fully saturated rings. The average Bonchev–Trinajstić information content (AvgIpc) is 2.63. The monoisotopic (exact) mass is 420 g/mol. The fourth-order valence-electron chi connectivity index (χ4n) is 7.58. The van der Waals surface area contributed by atoms with Gasteiger partial charge in [0.15, 0.2) is 6.10 Å². The molecule has 0 spiro atoms. The number of carbonyl (C=O) groups is 2. The summed E-state index contributed by atoms with van der Waals surface area (Å²) >= 11 is 0. The van der Waals surface area contributed by atoms with Crippen LogP contribution in [0.4, 0.5) is 0 Å². The van der Waals surface area contributed by atoms with E-state index in [1.54, 1.807) is 0 Å². The molecule has 5 nitrogen and oxygen atoms in total. The van der Waals surface area contributed by atoms with Gasteiger partial charge in [-0.05, 0) is 67.1 Å².